The van der Waals surface area contributed by atoms with Crippen molar-refractivity contribution >= 4 is 11.6 Å². The lowest BCUT2D eigenvalue weighted by molar-refractivity contribution is -0.0258. The van der Waals surface area contributed by atoms with E-state index in [1.165, 1.54) is 37.8 Å². The molecule has 3 saturated heterocycles. The first-order chi connectivity index (χ1) is 12.8. The average Bonchev–Trinajstić information content (AvgIpc) is 2.71. The van der Waals surface area contributed by atoms with Crippen LogP contribution in [0.25, 0.3) is 0 Å². The molecule has 1 unspecified atom stereocenters. The lowest BCUT2D eigenvalue weighted by Crippen LogP contribution is -2.58. The number of likely N-dealkylation sites (tertiary alicyclic amines) is 1. The van der Waals surface area contributed by atoms with Crippen LogP contribution in [0.2, 0.25) is 5.02 Å². The van der Waals surface area contributed by atoms with E-state index in [4.69, 9.17) is 16.3 Å². The molecule has 3 aliphatic heterocycles. The topological polar surface area (TPSA) is 27.7 Å². The lowest BCUT2D eigenvalue weighted by Gasteiger charge is -2.48. The Morgan fingerprint density at radius 3 is 2.42 bits per heavy atom. The van der Waals surface area contributed by atoms with Gasteiger partial charge >= 0.3 is 0 Å². The number of hydrogen-bond donors (Lipinski definition) is 1. The molecule has 5 heteroatoms. The number of benzene rings is 1. The van der Waals surface area contributed by atoms with Gasteiger partial charge in [-0.05, 0) is 62.9 Å². The molecule has 1 N–H and O–H groups in total. The molecule has 0 aliphatic carbocycles. The van der Waals surface area contributed by atoms with Gasteiger partial charge in [0.1, 0.15) is 0 Å². The number of ether oxygens (including phenoxy) is 1. The molecule has 3 heterocycles. The summed E-state index contributed by atoms with van der Waals surface area (Å²) in [5, 5.41) is 4.36. The Kier molecular flexibility index (Phi) is 6.49. The molecule has 26 heavy (non-hydrogen) atoms. The number of nitrogens with one attached hydrogen (secondary N) is 1. The quantitative estimate of drug-likeness (QED) is 0.873. The number of piperidine rings is 2. The number of halogens is 1. The van der Waals surface area contributed by atoms with E-state index in [0.717, 1.165) is 56.9 Å². The molecular weight excluding hydrogens is 346 g/mol. The second kappa shape index (κ2) is 9.03. The van der Waals surface area contributed by atoms with Gasteiger partial charge in [-0.1, -0.05) is 23.7 Å². The fourth-order valence-corrected chi connectivity index (χ4v) is 5.10. The fourth-order valence-electron chi connectivity index (χ4n) is 4.97. The van der Waals surface area contributed by atoms with Gasteiger partial charge in [0.2, 0.25) is 0 Å². The van der Waals surface area contributed by atoms with E-state index >= 15 is 0 Å². The third kappa shape index (κ3) is 4.60. The van der Waals surface area contributed by atoms with Gasteiger partial charge in [0.05, 0.1) is 13.2 Å². The monoisotopic (exact) mass is 377 g/mol. The van der Waals surface area contributed by atoms with Crippen molar-refractivity contribution < 1.29 is 4.74 Å². The zero-order valence-corrected chi connectivity index (χ0v) is 16.5. The second-order valence-electron chi connectivity index (χ2n) is 8.04. The van der Waals surface area contributed by atoms with Crippen LogP contribution in [0.1, 0.15) is 31.2 Å². The molecule has 0 radical (unpaired) electrons. The normalized spacial score (nSPS) is 29.7. The summed E-state index contributed by atoms with van der Waals surface area (Å²) in [6.07, 6.45) is 6.34. The van der Waals surface area contributed by atoms with Crippen LogP contribution in [0, 0.1) is 0 Å². The smallest absolute Gasteiger partial charge is 0.0594 e. The van der Waals surface area contributed by atoms with Gasteiger partial charge in [0, 0.05) is 42.8 Å². The number of hydrogen-bond acceptors (Lipinski definition) is 4. The predicted octanol–water partition coefficient (Wildman–Crippen LogP) is 2.80. The van der Waals surface area contributed by atoms with Crippen molar-refractivity contribution in [3.05, 3.63) is 34.9 Å². The van der Waals surface area contributed by atoms with Gasteiger partial charge in [-0.3, -0.25) is 9.80 Å². The standard InChI is InChI=1S/C21H32ClN3O/c22-18-3-1-17(2-4-18)15-20-5-6-21(24-11-13-26-14-12-24)16-25(20)19-7-9-23-10-8-19/h1-4,19-21,23H,5-16H2/t20-,21?/m1/s1. The molecule has 0 saturated carbocycles. The zero-order chi connectivity index (χ0) is 17.8. The Labute approximate surface area is 162 Å². The Bertz CT molecular complexity index is 555. The van der Waals surface area contributed by atoms with Gasteiger partial charge in [0.25, 0.3) is 0 Å². The Morgan fingerprint density at radius 2 is 1.69 bits per heavy atom. The van der Waals surface area contributed by atoms with Crippen LogP contribution < -0.4 is 5.32 Å². The largest absolute Gasteiger partial charge is 0.379 e. The van der Waals surface area contributed by atoms with Crippen LogP contribution >= 0.6 is 11.6 Å². The van der Waals surface area contributed by atoms with E-state index in [-0.39, 0.29) is 0 Å². The highest BCUT2D eigenvalue weighted by Crippen LogP contribution is 2.29. The van der Waals surface area contributed by atoms with Crippen molar-refractivity contribution in [1.29, 1.82) is 0 Å². The van der Waals surface area contributed by atoms with Crippen LogP contribution in [0.15, 0.2) is 24.3 Å². The van der Waals surface area contributed by atoms with Gasteiger partial charge in [-0.15, -0.1) is 0 Å². The summed E-state index contributed by atoms with van der Waals surface area (Å²) in [4.78, 5) is 5.54. The van der Waals surface area contributed by atoms with Crippen molar-refractivity contribution in [2.75, 3.05) is 45.9 Å². The molecule has 2 atom stereocenters. The fraction of sp³-hybridized carbons (Fsp3) is 0.714. The van der Waals surface area contributed by atoms with Gasteiger partial charge in [-0.2, -0.15) is 0 Å². The minimum atomic E-state index is 0.663. The summed E-state index contributed by atoms with van der Waals surface area (Å²) >= 11 is 6.08. The number of morpholine rings is 1. The Balaban J connectivity index is 1.45. The minimum absolute atomic E-state index is 0.663. The van der Waals surface area contributed by atoms with E-state index in [1.807, 2.05) is 12.1 Å². The minimum Gasteiger partial charge on any atom is -0.379 e. The van der Waals surface area contributed by atoms with Gasteiger partial charge in [-0.25, -0.2) is 0 Å². The third-order valence-corrected chi connectivity index (χ3v) is 6.70. The third-order valence-electron chi connectivity index (χ3n) is 6.45. The maximum Gasteiger partial charge on any atom is 0.0594 e. The first-order valence-corrected chi connectivity index (χ1v) is 10.7. The maximum absolute atomic E-state index is 6.08. The zero-order valence-electron chi connectivity index (χ0n) is 15.7. The van der Waals surface area contributed by atoms with Crippen LogP contribution in [-0.2, 0) is 11.2 Å². The molecular formula is C21H32ClN3O. The van der Waals surface area contributed by atoms with E-state index in [9.17, 15) is 0 Å². The van der Waals surface area contributed by atoms with Crippen LogP contribution in [0.3, 0.4) is 0 Å². The van der Waals surface area contributed by atoms with Crippen molar-refractivity contribution in [1.82, 2.24) is 15.1 Å². The molecule has 1 aromatic rings. The van der Waals surface area contributed by atoms with Crippen molar-refractivity contribution in [2.24, 2.45) is 0 Å². The average molecular weight is 378 g/mol. The van der Waals surface area contributed by atoms with Gasteiger partial charge in [0.15, 0.2) is 0 Å². The summed E-state index contributed by atoms with van der Waals surface area (Å²) in [5.74, 6) is 0. The Morgan fingerprint density at radius 1 is 0.962 bits per heavy atom. The molecule has 0 amide bonds. The number of rotatable bonds is 4. The van der Waals surface area contributed by atoms with E-state index in [0.29, 0.717) is 12.1 Å². The first-order valence-electron chi connectivity index (χ1n) is 10.3. The SMILES string of the molecule is Clc1ccc(C[C@H]2CCC(N3CCOCC3)CN2C2CCNCC2)cc1. The van der Waals surface area contributed by atoms with Crippen molar-refractivity contribution in [3.8, 4) is 0 Å². The highest BCUT2D eigenvalue weighted by atomic mass is 35.5. The van der Waals surface area contributed by atoms with E-state index in [2.05, 4.69) is 27.2 Å². The van der Waals surface area contributed by atoms with E-state index < -0.39 is 0 Å². The number of nitrogens with zero attached hydrogens (tertiary/aromatic N) is 2. The van der Waals surface area contributed by atoms with Crippen molar-refractivity contribution in [2.45, 2.75) is 50.2 Å². The predicted molar refractivity (Wildman–Crippen MR) is 107 cm³/mol. The first kappa shape index (κ1) is 18.7. The summed E-state index contributed by atoms with van der Waals surface area (Å²) in [7, 11) is 0. The molecule has 1 aromatic carbocycles. The summed E-state index contributed by atoms with van der Waals surface area (Å²) in [6.45, 7) is 7.56. The molecule has 4 rings (SSSR count). The second-order valence-corrected chi connectivity index (χ2v) is 8.48. The molecule has 0 bridgehead atoms. The Hall–Kier alpha value is -0.650. The van der Waals surface area contributed by atoms with Crippen LogP contribution in [0.4, 0.5) is 0 Å². The summed E-state index contributed by atoms with van der Waals surface area (Å²) in [6, 6.07) is 10.6. The molecule has 4 nitrogen and oxygen atoms in total. The highest BCUT2D eigenvalue weighted by Gasteiger charge is 2.36. The maximum atomic E-state index is 6.08. The van der Waals surface area contributed by atoms with Gasteiger partial charge < -0.3 is 10.1 Å². The van der Waals surface area contributed by atoms with E-state index in [1.54, 1.807) is 0 Å². The molecule has 3 fully saturated rings. The summed E-state index contributed by atoms with van der Waals surface area (Å²) < 4.78 is 5.57. The molecule has 3 aliphatic rings. The lowest BCUT2D eigenvalue weighted by atomic mass is 9.89. The molecule has 0 aromatic heterocycles. The van der Waals surface area contributed by atoms with Crippen LogP contribution in [-0.4, -0.2) is 73.9 Å². The van der Waals surface area contributed by atoms with Crippen molar-refractivity contribution in [3.63, 3.8) is 0 Å². The summed E-state index contributed by atoms with van der Waals surface area (Å²) in [5.41, 5.74) is 1.42. The molecule has 144 valence electrons. The van der Waals surface area contributed by atoms with Crippen LogP contribution in [0.5, 0.6) is 0 Å². The highest BCUT2D eigenvalue weighted by molar-refractivity contribution is 6.30. The molecule has 0 spiro atoms.